The van der Waals surface area contributed by atoms with E-state index in [0.717, 1.165) is 18.2 Å². The van der Waals surface area contributed by atoms with Crippen LogP contribution in [0.3, 0.4) is 0 Å². The van der Waals surface area contributed by atoms with Crippen molar-refractivity contribution in [2.24, 2.45) is 5.41 Å². The minimum Gasteiger partial charge on any atom is -0.480 e. The molecule has 0 bridgehead atoms. The number of aliphatic carboxylic acids is 1. The molecule has 0 aromatic heterocycles. The Hall–Kier alpha value is -1.18. The van der Waals surface area contributed by atoms with Gasteiger partial charge in [-0.1, -0.05) is 32.4 Å². The molecule has 0 aliphatic carbocycles. The molecule has 0 heterocycles. The van der Waals surface area contributed by atoms with Gasteiger partial charge in [0.05, 0.1) is 5.02 Å². The van der Waals surface area contributed by atoms with Crippen LogP contribution in [0.15, 0.2) is 23.1 Å². The summed E-state index contributed by atoms with van der Waals surface area (Å²) in [6, 6.07) is 1.48. The maximum Gasteiger partial charge on any atom is 0.322 e. The summed E-state index contributed by atoms with van der Waals surface area (Å²) in [6.07, 6.45) is 0. The molecule has 5 nitrogen and oxygen atoms in total. The lowest BCUT2D eigenvalue weighted by Crippen LogP contribution is -2.49. The zero-order valence-electron chi connectivity index (χ0n) is 11.1. The van der Waals surface area contributed by atoms with E-state index in [9.17, 15) is 17.6 Å². The predicted molar refractivity (Wildman–Crippen MR) is 72.6 cm³/mol. The Labute approximate surface area is 121 Å². The summed E-state index contributed by atoms with van der Waals surface area (Å²) >= 11 is 5.72. The van der Waals surface area contributed by atoms with Crippen LogP contribution in [0.4, 0.5) is 4.39 Å². The van der Waals surface area contributed by atoms with Gasteiger partial charge < -0.3 is 5.11 Å². The number of carboxylic acid groups (broad SMARTS) is 1. The second-order valence-electron chi connectivity index (χ2n) is 5.33. The Morgan fingerprint density at radius 1 is 1.40 bits per heavy atom. The fourth-order valence-corrected chi connectivity index (χ4v) is 3.41. The van der Waals surface area contributed by atoms with E-state index in [1.165, 1.54) is 0 Å². The standard InChI is InChI=1S/C12H15ClFNO4S/c1-12(2,3)10(11(16)17)15-20(18,19)9-6-7(14)4-5-8(9)13/h4-6,10,15H,1-3H3,(H,16,17). The normalized spacial score (nSPS) is 14.1. The molecule has 0 aliphatic rings. The predicted octanol–water partition coefficient (Wildman–Crippen LogP) is 2.26. The summed E-state index contributed by atoms with van der Waals surface area (Å²) in [5.41, 5.74) is -0.862. The van der Waals surface area contributed by atoms with Gasteiger partial charge >= 0.3 is 5.97 Å². The first-order chi connectivity index (χ1) is 8.95. The average molecular weight is 324 g/mol. The SMILES string of the molecule is CC(C)(C)C(NS(=O)(=O)c1cc(F)ccc1Cl)C(=O)O. The van der Waals surface area contributed by atoms with Crippen molar-refractivity contribution in [3.05, 3.63) is 29.0 Å². The summed E-state index contributed by atoms with van der Waals surface area (Å²) < 4.78 is 39.5. The molecule has 2 N–H and O–H groups in total. The number of halogens is 2. The third-order valence-electron chi connectivity index (χ3n) is 2.57. The van der Waals surface area contributed by atoms with Crippen LogP contribution in [0.2, 0.25) is 5.02 Å². The number of carbonyl (C=O) groups is 1. The van der Waals surface area contributed by atoms with E-state index in [-0.39, 0.29) is 5.02 Å². The maximum absolute atomic E-state index is 13.1. The molecule has 0 fully saturated rings. The van der Waals surface area contributed by atoms with E-state index >= 15 is 0 Å². The number of hydrogen-bond donors (Lipinski definition) is 2. The van der Waals surface area contributed by atoms with Crippen LogP contribution in [-0.4, -0.2) is 25.5 Å². The van der Waals surface area contributed by atoms with E-state index in [1.54, 1.807) is 20.8 Å². The smallest absolute Gasteiger partial charge is 0.322 e. The van der Waals surface area contributed by atoms with Gasteiger partial charge in [-0.3, -0.25) is 4.79 Å². The van der Waals surface area contributed by atoms with Crippen LogP contribution in [-0.2, 0) is 14.8 Å². The number of sulfonamides is 1. The fourth-order valence-electron chi connectivity index (χ4n) is 1.50. The van der Waals surface area contributed by atoms with Crippen LogP contribution < -0.4 is 4.72 Å². The monoisotopic (exact) mass is 323 g/mol. The lowest BCUT2D eigenvalue weighted by Gasteiger charge is -2.27. The molecule has 0 amide bonds. The lowest BCUT2D eigenvalue weighted by atomic mass is 9.88. The Morgan fingerprint density at radius 2 is 1.95 bits per heavy atom. The molecule has 1 atom stereocenters. The van der Waals surface area contributed by atoms with Gasteiger partial charge in [-0.05, 0) is 23.6 Å². The van der Waals surface area contributed by atoms with Gasteiger partial charge in [0, 0.05) is 0 Å². The van der Waals surface area contributed by atoms with E-state index in [4.69, 9.17) is 16.7 Å². The van der Waals surface area contributed by atoms with Crippen LogP contribution in [0.1, 0.15) is 20.8 Å². The summed E-state index contributed by atoms with van der Waals surface area (Å²) in [5.74, 6) is -2.11. The number of benzene rings is 1. The largest absolute Gasteiger partial charge is 0.480 e. The van der Waals surface area contributed by atoms with Gasteiger partial charge in [0.25, 0.3) is 0 Å². The molecule has 8 heteroatoms. The van der Waals surface area contributed by atoms with E-state index < -0.39 is 38.2 Å². The molecule has 0 aliphatic heterocycles. The molecule has 0 saturated heterocycles. The summed E-state index contributed by atoms with van der Waals surface area (Å²) in [7, 11) is -4.24. The van der Waals surface area contributed by atoms with Crippen molar-refractivity contribution in [2.75, 3.05) is 0 Å². The maximum atomic E-state index is 13.1. The molecule has 1 aromatic carbocycles. The topological polar surface area (TPSA) is 83.5 Å². The molecule has 0 radical (unpaired) electrons. The number of nitrogens with one attached hydrogen (secondary N) is 1. The first-order valence-electron chi connectivity index (χ1n) is 5.65. The van der Waals surface area contributed by atoms with Gasteiger partial charge in [0.1, 0.15) is 16.8 Å². The zero-order valence-corrected chi connectivity index (χ0v) is 12.7. The van der Waals surface area contributed by atoms with Crippen molar-refractivity contribution in [2.45, 2.75) is 31.7 Å². The molecule has 1 unspecified atom stereocenters. The second-order valence-corrected chi connectivity index (χ2v) is 7.42. The van der Waals surface area contributed by atoms with Crippen LogP contribution in [0.5, 0.6) is 0 Å². The molecule has 20 heavy (non-hydrogen) atoms. The molecular weight excluding hydrogens is 309 g/mol. The minimum atomic E-state index is -4.24. The lowest BCUT2D eigenvalue weighted by molar-refractivity contribution is -0.141. The third-order valence-corrected chi connectivity index (χ3v) is 4.47. The molecule has 112 valence electrons. The van der Waals surface area contributed by atoms with Gasteiger partial charge in [-0.2, -0.15) is 4.72 Å². The Bertz CT molecular complexity index is 625. The van der Waals surface area contributed by atoms with Crippen molar-refractivity contribution in [3.8, 4) is 0 Å². The quantitative estimate of drug-likeness (QED) is 0.890. The van der Waals surface area contributed by atoms with Crippen molar-refractivity contribution < 1.29 is 22.7 Å². The van der Waals surface area contributed by atoms with Crippen LogP contribution in [0, 0.1) is 11.2 Å². The highest BCUT2D eigenvalue weighted by molar-refractivity contribution is 7.89. The Kier molecular flexibility index (Phi) is 4.78. The van der Waals surface area contributed by atoms with Gasteiger partial charge in [-0.15, -0.1) is 0 Å². The van der Waals surface area contributed by atoms with E-state index in [0.29, 0.717) is 0 Å². The highest BCUT2D eigenvalue weighted by atomic mass is 35.5. The zero-order chi connectivity index (χ0) is 15.7. The van der Waals surface area contributed by atoms with Crippen molar-refractivity contribution in [1.29, 1.82) is 0 Å². The van der Waals surface area contributed by atoms with Crippen LogP contribution >= 0.6 is 11.6 Å². The average Bonchev–Trinajstić information content (AvgIpc) is 2.27. The van der Waals surface area contributed by atoms with E-state index in [1.807, 2.05) is 4.72 Å². The van der Waals surface area contributed by atoms with Gasteiger partial charge in [-0.25, -0.2) is 12.8 Å². The van der Waals surface area contributed by atoms with E-state index in [2.05, 4.69) is 0 Å². The highest BCUT2D eigenvalue weighted by Gasteiger charge is 2.36. The van der Waals surface area contributed by atoms with Crippen molar-refractivity contribution in [1.82, 2.24) is 4.72 Å². The fraction of sp³-hybridized carbons (Fsp3) is 0.417. The first kappa shape index (κ1) is 16.9. The van der Waals surface area contributed by atoms with Gasteiger partial charge in [0.2, 0.25) is 10.0 Å². The van der Waals surface area contributed by atoms with Gasteiger partial charge in [0.15, 0.2) is 0 Å². The number of rotatable bonds is 4. The number of carboxylic acids is 1. The Morgan fingerprint density at radius 3 is 2.40 bits per heavy atom. The molecule has 1 aromatic rings. The summed E-state index contributed by atoms with van der Waals surface area (Å²) in [6.45, 7) is 4.71. The summed E-state index contributed by atoms with van der Waals surface area (Å²) in [4.78, 5) is 10.7. The Balaban J connectivity index is 3.24. The number of hydrogen-bond acceptors (Lipinski definition) is 3. The van der Waals surface area contributed by atoms with Crippen molar-refractivity contribution >= 4 is 27.6 Å². The summed E-state index contributed by atoms with van der Waals surface area (Å²) in [5, 5.41) is 8.93. The minimum absolute atomic E-state index is 0.183. The molecule has 0 spiro atoms. The first-order valence-corrected chi connectivity index (χ1v) is 7.51. The molecule has 0 saturated carbocycles. The third kappa shape index (κ3) is 3.91. The van der Waals surface area contributed by atoms with Crippen molar-refractivity contribution in [3.63, 3.8) is 0 Å². The molecular formula is C12H15ClFNO4S. The second kappa shape index (κ2) is 5.67. The highest BCUT2D eigenvalue weighted by Crippen LogP contribution is 2.25. The van der Waals surface area contributed by atoms with Crippen LogP contribution in [0.25, 0.3) is 0 Å². The molecule has 1 rings (SSSR count).